The number of methoxy groups -OCH3 is 1. The van der Waals surface area contributed by atoms with Gasteiger partial charge in [-0.1, -0.05) is 72.8 Å². The van der Waals surface area contributed by atoms with E-state index in [2.05, 4.69) is 29.6 Å². The summed E-state index contributed by atoms with van der Waals surface area (Å²) in [6, 6.07) is 26.2. The largest absolute Gasteiger partial charge is 0.493 e. The van der Waals surface area contributed by atoms with Crippen LogP contribution in [-0.2, 0) is 6.54 Å². The monoisotopic (exact) mass is 405 g/mol. The van der Waals surface area contributed by atoms with Crippen molar-refractivity contribution < 1.29 is 14.6 Å². The first-order chi connectivity index (χ1) is 14.6. The van der Waals surface area contributed by atoms with Crippen molar-refractivity contribution in [3.05, 3.63) is 95.6 Å². The molecule has 0 unspecified atom stereocenters. The third-order valence-electron chi connectivity index (χ3n) is 5.25. The molecule has 0 aliphatic heterocycles. The second-order valence-corrected chi connectivity index (χ2v) is 7.60. The summed E-state index contributed by atoms with van der Waals surface area (Å²) in [4.78, 5) is 0. The Morgan fingerprint density at radius 2 is 1.50 bits per heavy atom. The highest BCUT2D eigenvalue weighted by Gasteiger charge is 2.34. The molecule has 3 rings (SSSR count). The first-order valence-electron chi connectivity index (χ1n) is 10.4. The minimum absolute atomic E-state index is 0.149. The fourth-order valence-electron chi connectivity index (χ4n) is 3.96. The average Bonchev–Trinajstić information content (AvgIpc) is 2.75. The number of hydrogen-bond acceptors (Lipinski definition) is 4. The van der Waals surface area contributed by atoms with Crippen molar-refractivity contribution in [2.75, 3.05) is 20.3 Å². The van der Waals surface area contributed by atoms with Crippen molar-refractivity contribution in [2.24, 2.45) is 0 Å². The molecular formula is C26H31NO3. The third-order valence-corrected chi connectivity index (χ3v) is 5.25. The molecule has 0 saturated heterocycles. The minimum atomic E-state index is -0.993. The van der Waals surface area contributed by atoms with Crippen LogP contribution >= 0.6 is 0 Å². The van der Waals surface area contributed by atoms with Gasteiger partial charge in [0.05, 0.1) is 19.3 Å². The van der Waals surface area contributed by atoms with E-state index in [1.807, 2.05) is 68.4 Å². The highest BCUT2D eigenvalue weighted by atomic mass is 16.5. The van der Waals surface area contributed by atoms with E-state index in [4.69, 9.17) is 9.47 Å². The Labute approximate surface area is 179 Å². The summed E-state index contributed by atoms with van der Waals surface area (Å²) in [6.07, 6.45) is 0. The summed E-state index contributed by atoms with van der Waals surface area (Å²) in [6.45, 7) is 5.41. The smallest absolute Gasteiger partial charge is 0.165 e. The fourth-order valence-corrected chi connectivity index (χ4v) is 3.96. The van der Waals surface area contributed by atoms with Crippen molar-refractivity contribution >= 4 is 0 Å². The molecule has 2 N–H and O–H groups in total. The molecule has 4 heteroatoms. The molecule has 0 saturated carbocycles. The van der Waals surface area contributed by atoms with E-state index in [1.54, 1.807) is 7.11 Å². The van der Waals surface area contributed by atoms with Crippen molar-refractivity contribution in [1.82, 2.24) is 5.32 Å². The van der Waals surface area contributed by atoms with Crippen molar-refractivity contribution in [3.63, 3.8) is 0 Å². The molecule has 0 aliphatic carbocycles. The van der Waals surface area contributed by atoms with E-state index in [-0.39, 0.29) is 5.92 Å². The lowest BCUT2D eigenvalue weighted by Crippen LogP contribution is -2.43. The molecule has 0 bridgehead atoms. The lowest BCUT2D eigenvalue weighted by molar-refractivity contribution is 0.0425. The van der Waals surface area contributed by atoms with Gasteiger partial charge in [-0.25, -0.2) is 0 Å². The summed E-state index contributed by atoms with van der Waals surface area (Å²) in [7, 11) is 1.65. The minimum Gasteiger partial charge on any atom is -0.493 e. The van der Waals surface area contributed by atoms with Gasteiger partial charge in [0.1, 0.15) is 0 Å². The fraction of sp³-hybridized carbons (Fsp3) is 0.308. The van der Waals surface area contributed by atoms with E-state index < -0.39 is 5.60 Å². The summed E-state index contributed by atoms with van der Waals surface area (Å²) in [5, 5.41) is 14.9. The van der Waals surface area contributed by atoms with Crippen LogP contribution in [-0.4, -0.2) is 31.0 Å². The molecule has 0 amide bonds. The quantitative estimate of drug-likeness (QED) is 0.510. The van der Waals surface area contributed by atoms with E-state index in [9.17, 15) is 5.11 Å². The van der Waals surface area contributed by atoms with E-state index in [1.165, 1.54) is 0 Å². The van der Waals surface area contributed by atoms with Crippen LogP contribution in [0.2, 0.25) is 0 Å². The van der Waals surface area contributed by atoms with Crippen LogP contribution in [0.4, 0.5) is 0 Å². The molecule has 0 fully saturated rings. The van der Waals surface area contributed by atoms with Crippen molar-refractivity contribution in [3.8, 4) is 11.5 Å². The van der Waals surface area contributed by atoms with Gasteiger partial charge in [-0.3, -0.25) is 0 Å². The molecule has 3 aromatic rings. The second kappa shape index (κ2) is 10.3. The van der Waals surface area contributed by atoms with Crippen LogP contribution in [0.15, 0.2) is 78.9 Å². The Bertz CT molecular complexity index is 871. The SMILES string of the molecule is CCOc1cccc(CNC[C@@](C)(O)C(c2ccccc2)c2ccccc2)c1OC. The van der Waals surface area contributed by atoms with Crippen molar-refractivity contribution in [2.45, 2.75) is 31.9 Å². The van der Waals surface area contributed by atoms with Crippen LogP contribution in [0.25, 0.3) is 0 Å². The molecule has 1 atom stereocenters. The Morgan fingerprint density at radius 3 is 2.03 bits per heavy atom. The van der Waals surface area contributed by atoms with Gasteiger partial charge in [-0.15, -0.1) is 0 Å². The average molecular weight is 406 g/mol. The molecule has 30 heavy (non-hydrogen) atoms. The Balaban J connectivity index is 1.78. The van der Waals surface area contributed by atoms with Gasteiger partial charge in [0.2, 0.25) is 0 Å². The molecule has 0 spiro atoms. The zero-order chi connectivity index (χ0) is 21.4. The Morgan fingerprint density at radius 1 is 0.900 bits per heavy atom. The number of para-hydroxylation sites is 1. The highest BCUT2D eigenvalue weighted by Crippen LogP contribution is 2.35. The molecule has 0 radical (unpaired) electrons. The summed E-state index contributed by atoms with van der Waals surface area (Å²) in [5.41, 5.74) is 2.18. The van der Waals surface area contributed by atoms with Gasteiger partial charge in [0.15, 0.2) is 11.5 Å². The predicted octanol–water partition coefficient (Wildman–Crippen LogP) is 4.77. The van der Waals surface area contributed by atoms with Gasteiger partial charge in [-0.05, 0) is 31.0 Å². The maximum atomic E-state index is 11.5. The Hall–Kier alpha value is -2.82. The molecule has 158 valence electrons. The zero-order valence-electron chi connectivity index (χ0n) is 18.0. The molecular weight excluding hydrogens is 374 g/mol. The number of hydrogen-bond donors (Lipinski definition) is 2. The molecule has 0 heterocycles. The van der Waals surface area contributed by atoms with Crippen LogP contribution < -0.4 is 14.8 Å². The zero-order valence-corrected chi connectivity index (χ0v) is 18.0. The molecule has 3 aromatic carbocycles. The standard InChI is InChI=1S/C26H31NO3/c1-4-30-23-17-11-16-22(25(23)29-3)18-27-19-26(2,28)24(20-12-7-5-8-13-20)21-14-9-6-10-15-21/h5-17,24,27-28H,4,18-19H2,1-3H3/t26-/m1/s1. The topological polar surface area (TPSA) is 50.7 Å². The first-order valence-corrected chi connectivity index (χ1v) is 10.4. The normalized spacial score (nSPS) is 13.1. The number of ether oxygens (including phenoxy) is 2. The lowest BCUT2D eigenvalue weighted by Gasteiger charge is -2.34. The van der Waals surface area contributed by atoms with Gasteiger partial charge >= 0.3 is 0 Å². The maximum absolute atomic E-state index is 11.5. The lowest BCUT2D eigenvalue weighted by atomic mass is 9.78. The van der Waals surface area contributed by atoms with Gasteiger partial charge in [0.25, 0.3) is 0 Å². The summed E-state index contributed by atoms with van der Waals surface area (Å²) in [5.74, 6) is 1.32. The number of benzene rings is 3. The van der Waals surface area contributed by atoms with E-state index in [0.717, 1.165) is 28.2 Å². The molecule has 4 nitrogen and oxygen atoms in total. The summed E-state index contributed by atoms with van der Waals surface area (Å²) >= 11 is 0. The van der Waals surface area contributed by atoms with Crippen LogP contribution in [0.1, 0.15) is 36.5 Å². The summed E-state index contributed by atoms with van der Waals surface area (Å²) < 4.78 is 11.2. The Kier molecular flexibility index (Phi) is 7.50. The van der Waals surface area contributed by atoms with Gasteiger partial charge in [-0.2, -0.15) is 0 Å². The highest BCUT2D eigenvalue weighted by molar-refractivity contribution is 5.46. The number of aliphatic hydroxyl groups is 1. The van der Waals surface area contributed by atoms with Crippen molar-refractivity contribution in [1.29, 1.82) is 0 Å². The van der Waals surface area contributed by atoms with Gasteiger partial charge in [0, 0.05) is 24.6 Å². The molecule has 0 aromatic heterocycles. The van der Waals surface area contributed by atoms with E-state index >= 15 is 0 Å². The predicted molar refractivity (Wildman–Crippen MR) is 121 cm³/mol. The van der Waals surface area contributed by atoms with Crippen LogP contribution in [0.5, 0.6) is 11.5 Å². The second-order valence-electron chi connectivity index (χ2n) is 7.60. The van der Waals surface area contributed by atoms with Crippen LogP contribution in [0.3, 0.4) is 0 Å². The van der Waals surface area contributed by atoms with Crippen LogP contribution in [0, 0.1) is 0 Å². The maximum Gasteiger partial charge on any atom is 0.165 e. The first kappa shape index (κ1) is 21.9. The van der Waals surface area contributed by atoms with E-state index in [0.29, 0.717) is 19.7 Å². The third kappa shape index (κ3) is 5.21. The number of nitrogens with one attached hydrogen (secondary N) is 1. The van der Waals surface area contributed by atoms with Gasteiger partial charge < -0.3 is 19.9 Å². The number of rotatable bonds is 10. The molecule has 0 aliphatic rings.